The van der Waals surface area contributed by atoms with Gasteiger partial charge in [-0.15, -0.1) is 0 Å². The summed E-state index contributed by atoms with van der Waals surface area (Å²) in [7, 11) is 0. The monoisotopic (exact) mass is 406 g/mol. The number of hydrogen-bond donors (Lipinski definition) is 0. The van der Waals surface area contributed by atoms with E-state index in [0.717, 1.165) is 12.0 Å². The number of esters is 2. The molecule has 1 aliphatic carbocycles. The van der Waals surface area contributed by atoms with Crippen LogP contribution in [0.15, 0.2) is 55.1 Å². The van der Waals surface area contributed by atoms with Crippen molar-refractivity contribution in [3.8, 4) is 0 Å². The molecule has 0 fully saturated rings. The first kappa shape index (κ1) is 21.8. The molecule has 0 aromatic heterocycles. The highest BCUT2D eigenvalue weighted by atomic mass is 16.5. The van der Waals surface area contributed by atoms with Gasteiger partial charge in [0.05, 0.1) is 11.1 Å². The zero-order valence-corrected chi connectivity index (χ0v) is 18.3. The molecule has 0 bridgehead atoms. The van der Waals surface area contributed by atoms with E-state index in [4.69, 9.17) is 9.47 Å². The van der Waals surface area contributed by atoms with Gasteiger partial charge in [-0.2, -0.15) is 0 Å². The van der Waals surface area contributed by atoms with Crippen LogP contribution < -0.4 is 0 Å². The average molecular weight is 407 g/mol. The second kappa shape index (κ2) is 8.47. The Bertz CT molecular complexity index is 951. The van der Waals surface area contributed by atoms with Gasteiger partial charge >= 0.3 is 11.9 Å². The maximum atomic E-state index is 12.4. The van der Waals surface area contributed by atoms with E-state index in [1.165, 1.54) is 23.6 Å². The maximum absolute atomic E-state index is 12.4. The third-order valence-corrected chi connectivity index (χ3v) is 5.98. The fourth-order valence-electron chi connectivity index (χ4n) is 3.92. The van der Waals surface area contributed by atoms with Gasteiger partial charge in [0.2, 0.25) is 0 Å². The molecule has 30 heavy (non-hydrogen) atoms. The summed E-state index contributed by atoms with van der Waals surface area (Å²) in [5.74, 6) is -0.868. The smallest absolute Gasteiger partial charge is 0.338 e. The molecule has 2 aromatic carbocycles. The molecule has 4 heteroatoms. The molecule has 3 rings (SSSR count). The highest BCUT2D eigenvalue weighted by Crippen LogP contribution is 2.45. The van der Waals surface area contributed by atoms with Crippen molar-refractivity contribution in [3.05, 3.63) is 82.9 Å². The van der Waals surface area contributed by atoms with E-state index in [0.29, 0.717) is 11.1 Å². The fraction of sp³-hybridized carbons (Fsp3) is 0.385. The predicted octanol–water partition coefficient (Wildman–Crippen LogP) is 5.74. The van der Waals surface area contributed by atoms with Crippen molar-refractivity contribution in [2.24, 2.45) is 0 Å². The normalized spacial score (nSPS) is 16.3. The Labute approximate surface area is 178 Å². The van der Waals surface area contributed by atoms with Gasteiger partial charge < -0.3 is 9.47 Å². The van der Waals surface area contributed by atoms with Crippen LogP contribution in [0.4, 0.5) is 0 Å². The van der Waals surface area contributed by atoms with E-state index in [2.05, 4.69) is 46.4 Å². The summed E-state index contributed by atoms with van der Waals surface area (Å²) in [4.78, 5) is 24.3. The fourth-order valence-corrected chi connectivity index (χ4v) is 3.92. The molecule has 1 aliphatic rings. The Kier molecular flexibility index (Phi) is 6.16. The van der Waals surface area contributed by atoms with Gasteiger partial charge in [0.1, 0.15) is 13.2 Å². The van der Waals surface area contributed by atoms with E-state index < -0.39 is 11.9 Å². The van der Waals surface area contributed by atoms with Gasteiger partial charge in [-0.1, -0.05) is 58.5 Å². The topological polar surface area (TPSA) is 52.6 Å². The quantitative estimate of drug-likeness (QED) is 0.454. The SMILES string of the molecule is C=CCOC(=O)c1ccc(C(=O)OCc2ccc3c(c2)C(C)(C)CCC3(C)C)cc1. The van der Waals surface area contributed by atoms with Crippen LogP contribution in [0.25, 0.3) is 0 Å². The molecule has 0 heterocycles. The summed E-state index contributed by atoms with van der Waals surface area (Å²) < 4.78 is 10.5. The first-order valence-corrected chi connectivity index (χ1v) is 10.3. The molecule has 2 aromatic rings. The molecule has 0 atom stereocenters. The molecule has 0 spiro atoms. The molecule has 0 unspecified atom stereocenters. The van der Waals surface area contributed by atoms with Crippen molar-refractivity contribution in [1.82, 2.24) is 0 Å². The highest BCUT2D eigenvalue weighted by molar-refractivity contribution is 5.93. The molecular formula is C26H30O4. The maximum Gasteiger partial charge on any atom is 0.338 e. The minimum absolute atomic E-state index is 0.112. The van der Waals surface area contributed by atoms with E-state index in [1.807, 2.05) is 6.07 Å². The Morgan fingerprint density at radius 1 is 0.867 bits per heavy atom. The zero-order chi connectivity index (χ0) is 21.9. The summed E-state index contributed by atoms with van der Waals surface area (Å²) in [6, 6.07) is 12.7. The molecule has 0 aliphatic heterocycles. The van der Waals surface area contributed by atoms with Crippen LogP contribution in [0, 0.1) is 0 Å². The van der Waals surface area contributed by atoms with Crippen LogP contribution in [-0.2, 0) is 26.9 Å². The molecule has 4 nitrogen and oxygen atoms in total. The van der Waals surface area contributed by atoms with Crippen molar-refractivity contribution in [3.63, 3.8) is 0 Å². The molecule has 0 saturated heterocycles. The summed E-state index contributed by atoms with van der Waals surface area (Å²) in [5.41, 5.74) is 4.76. The molecule has 0 amide bonds. The zero-order valence-electron chi connectivity index (χ0n) is 18.3. The molecule has 158 valence electrons. The first-order valence-electron chi connectivity index (χ1n) is 10.3. The van der Waals surface area contributed by atoms with Crippen LogP contribution in [0.5, 0.6) is 0 Å². The summed E-state index contributed by atoms with van der Waals surface area (Å²) in [6.07, 6.45) is 3.81. The van der Waals surface area contributed by atoms with E-state index >= 15 is 0 Å². The van der Waals surface area contributed by atoms with Crippen LogP contribution in [0.1, 0.15) is 77.9 Å². The van der Waals surface area contributed by atoms with Crippen molar-refractivity contribution < 1.29 is 19.1 Å². The second-order valence-corrected chi connectivity index (χ2v) is 9.19. The van der Waals surface area contributed by atoms with Gasteiger partial charge in [-0.05, 0) is 64.6 Å². The Hall–Kier alpha value is -2.88. The van der Waals surface area contributed by atoms with Gasteiger partial charge in [0.15, 0.2) is 0 Å². The summed E-state index contributed by atoms with van der Waals surface area (Å²) >= 11 is 0. The summed E-state index contributed by atoms with van der Waals surface area (Å²) in [6.45, 7) is 13.0. The van der Waals surface area contributed by atoms with E-state index in [1.54, 1.807) is 24.3 Å². The number of carbonyl (C=O) groups excluding carboxylic acids is 2. The lowest BCUT2D eigenvalue weighted by atomic mass is 9.63. The molecule has 0 saturated carbocycles. The minimum atomic E-state index is -0.450. The van der Waals surface area contributed by atoms with Gasteiger partial charge in [0, 0.05) is 0 Å². The Morgan fingerprint density at radius 2 is 1.40 bits per heavy atom. The lowest BCUT2D eigenvalue weighted by Gasteiger charge is -2.42. The van der Waals surface area contributed by atoms with E-state index in [-0.39, 0.29) is 24.0 Å². The number of carbonyl (C=O) groups is 2. The van der Waals surface area contributed by atoms with Crippen molar-refractivity contribution in [2.45, 2.75) is 58.0 Å². The van der Waals surface area contributed by atoms with Crippen molar-refractivity contribution >= 4 is 11.9 Å². The average Bonchev–Trinajstić information content (AvgIpc) is 2.73. The number of rotatable bonds is 6. The number of fused-ring (bicyclic) bond motifs is 1. The van der Waals surface area contributed by atoms with Gasteiger partial charge in [-0.25, -0.2) is 9.59 Å². The minimum Gasteiger partial charge on any atom is -0.458 e. The summed E-state index contributed by atoms with van der Waals surface area (Å²) in [5, 5.41) is 0. The predicted molar refractivity (Wildman–Crippen MR) is 118 cm³/mol. The van der Waals surface area contributed by atoms with Crippen LogP contribution in [0.3, 0.4) is 0 Å². The third kappa shape index (κ3) is 4.64. The van der Waals surface area contributed by atoms with Crippen LogP contribution >= 0.6 is 0 Å². The lowest BCUT2D eigenvalue weighted by molar-refractivity contribution is 0.0470. The van der Waals surface area contributed by atoms with Crippen LogP contribution in [-0.4, -0.2) is 18.5 Å². The molecular weight excluding hydrogens is 376 g/mol. The first-order chi connectivity index (χ1) is 14.1. The standard InChI is InChI=1S/C26H30O4/c1-6-15-29-23(27)19-8-10-20(11-9-19)24(28)30-17-18-7-12-21-22(16-18)26(4,5)14-13-25(21,2)3/h6-12,16H,1,13-15,17H2,2-5H3. The number of ether oxygens (including phenoxy) is 2. The number of benzene rings is 2. The van der Waals surface area contributed by atoms with Crippen molar-refractivity contribution in [2.75, 3.05) is 6.61 Å². The Morgan fingerprint density at radius 3 is 1.97 bits per heavy atom. The lowest BCUT2D eigenvalue weighted by Crippen LogP contribution is -2.33. The molecule has 0 radical (unpaired) electrons. The van der Waals surface area contributed by atoms with E-state index in [9.17, 15) is 9.59 Å². The second-order valence-electron chi connectivity index (χ2n) is 9.19. The van der Waals surface area contributed by atoms with Crippen molar-refractivity contribution in [1.29, 1.82) is 0 Å². The molecule has 0 N–H and O–H groups in total. The van der Waals surface area contributed by atoms with Gasteiger partial charge in [-0.3, -0.25) is 0 Å². The van der Waals surface area contributed by atoms with Gasteiger partial charge in [0.25, 0.3) is 0 Å². The largest absolute Gasteiger partial charge is 0.458 e. The van der Waals surface area contributed by atoms with Crippen LogP contribution in [0.2, 0.25) is 0 Å². The highest BCUT2D eigenvalue weighted by Gasteiger charge is 2.36. The number of hydrogen-bond acceptors (Lipinski definition) is 4. The third-order valence-electron chi connectivity index (χ3n) is 5.98. The Balaban J connectivity index is 1.68.